The van der Waals surface area contributed by atoms with Crippen LogP contribution in [0.5, 0.6) is 0 Å². The zero-order valence-corrected chi connectivity index (χ0v) is 13.9. The normalized spacial score (nSPS) is 10.2. The zero-order valence-electron chi connectivity index (χ0n) is 9.95. The van der Waals surface area contributed by atoms with Crippen molar-refractivity contribution in [3.8, 4) is 0 Å². The van der Waals surface area contributed by atoms with Gasteiger partial charge in [0, 0.05) is 20.2 Å². The van der Waals surface area contributed by atoms with Crippen LogP contribution in [0.3, 0.4) is 0 Å². The molecule has 0 saturated heterocycles. The molecule has 2 rings (SSSR count). The number of benzene rings is 1. The van der Waals surface area contributed by atoms with Crippen molar-refractivity contribution >= 4 is 60.9 Å². The van der Waals surface area contributed by atoms with Crippen LogP contribution in [0, 0.1) is 0 Å². The number of nitrogens with zero attached hydrogens (tertiary/aromatic N) is 1. The molecule has 0 aliphatic rings. The Morgan fingerprint density at radius 2 is 2.05 bits per heavy atom. The van der Waals surface area contributed by atoms with Crippen molar-refractivity contribution in [2.45, 2.75) is 0 Å². The average Bonchev–Trinajstić information content (AvgIpc) is 2.42. The summed E-state index contributed by atoms with van der Waals surface area (Å²) in [5, 5.41) is 3.26. The Morgan fingerprint density at radius 3 is 2.75 bits per heavy atom. The van der Waals surface area contributed by atoms with Crippen LogP contribution in [0.4, 0.5) is 11.5 Å². The van der Waals surface area contributed by atoms with E-state index in [9.17, 15) is 4.79 Å². The topological polar surface area (TPSA) is 80.0 Å². The Labute approximate surface area is 137 Å². The summed E-state index contributed by atoms with van der Waals surface area (Å²) in [4.78, 5) is 16.3. The third-order valence-electron chi connectivity index (χ3n) is 2.41. The van der Waals surface area contributed by atoms with E-state index < -0.39 is 0 Å². The molecule has 0 saturated carbocycles. The lowest BCUT2D eigenvalue weighted by Gasteiger charge is -2.10. The minimum Gasteiger partial charge on any atom is -0.321 e. The third-order valence-corrected chi connectivity index (χ3v) is 3.77. The monoisotopic (exact) mass is 418 g/mol. The number of carbonyl (C=O) groups is 1. The highest BCUT2D eigenvalue weighted by Crippen LogP contribution is 2.27. The van der Waals surface area contributed by atoms with E-state index in [1.54, 1.807) is 30.5 Å². The molecule has 0 radical (unpaired) electrons. The molecule has 1 amide bonds. The van der Waals surface area contributed by atoms with E-state index in [1.165, 1.54) is 0 Å². The summed E-state index contributed by atoms with van der Waals surface area (Å²) in [6, 6.07) is 6.73. The Balaban J connectivity index is 2.32. The second kappa shape index (κ2) is 6.53. The lowest BCUT2D eigenvalue weighted by molar-refractivity contribution is 0.102. The molecule has 4 N–H and O–H groups in total. The number of hydrazine groups is 1. The van der Waals surface area contributed by atoms with Crippen LogP contribution in [0.25, 0.3) is 0 Å². The van der Waals surface area contributed by atoms with Crippen LogP contribution in [-0.4, -0.2) is 10.9 Å². The number of halogens is 3. The van der Waals surface area contributed by atoms with Crippen LogP contribution in [-0.2, 0) is 0 Å². The van der Waals surface area contributed by atoms with Gasteiger partial charge in [-0.2, -0.15) is 0 Å². The largest absolute Gasteiger partial charge is 0.321 e. The SMILES string of the molecule is NNc1ncc(Br)cc1C(=O)Nc1cc(Cl)ccc1Br. The number of nitrogens with two attached hydrogens (primary N) is 1. The predicted octanol–water partition coefficient (Wildman–Crippen LogP) is 3.80. The van der Waals surface area contributed by atoms with E-state index in [0.717, 1.165) is 4.47 Å². The molecule has 0 aliphatic heterocycles. The van der Waals surface area contributed by atoms with Crippen LogP contribution in [0.1, 0.15) is 10.4 Å². The first kappa shape index (κ1) is 15.2. The Morgan fingerprint density at radius 1 is 1.30 bits per heavy atom. The maximum atomic E-state index is 12.3. The molecule has 0 unspecified atom stereocenters. The molecule has 5 nitrogen and oxygen atoms in total. The minimum atomic E-state index is -0.352. The highest BCUT2D eigenvalue weighted by Gasteiger charge is 2.14. The molecule has 20 heavy (non-hydrogen) atoms. The predicted molar refractivity (Wildman–Crippen MR) is 86.9 cm³/mol. The van der Waals surface area contributed by atoms with Gasteiger partial charge >= 0.3 is 0 Å². The summed E-state index contributed by atoms with van der Waals surface area (Å²) in [6.45, 7) is 0. The van der Waals surface area contributed by atoms with Crippen molar-refractivity contribution in [2.75, 3.05) is 10.7 Å². The molecule has 0 fully saturated rings. The Bertz CT molecular complexity index is 666. The maximum Gasteiger partial charge on any atom is 0.259 e. The molecule has 0 bridgehead atoms. The molecule has 1 aromatic carbocycles. The van der Waals surface area contributed by atoms with Gasteiger partial charge in [-0.1, -0.05) is 11.6 Å². The zero-order chi connectivity index (χ0) is 14.7. The van der Waals surface area contributed by atoms with Crippen molar-refractivity contribution in [2.24, 2.45) is 5.84 Å². The summed E-state index contributed by atoms with van der Waals surface area (Å²) in [6.07, 6.45) is 1.54. The van der Waals surface area contributed by atoms with Gasteiger partial charge in [0.2, 0.25) is 0 Å². The van der Waals surface area contributed by atoms with E-state index in [0.29, 0.717) is 20.7 Å². The number of carbonyl (C=O) groups excluding carboxylic acids is 1. The maximum absolute atomic E-state index is 12.3. The summed E-state index contributed by atoms with van der Waals surface area (Å²) in [7, 11) is 0. The number of nitrogens with one attached hydrogen (secondary N) is 2. The molecule has 2 aromatic rings. The second-order valence-electron chi connectivity index (χ2n) is 3.77. The van der Waals surface area contributed by atoms with Crippen LogP contribution < -0.4 is 16.6 Å². The third kappa shape index (κ3) is 3.49. The van der Waals surface area contributed by atoms with Crippen molar-refractivity contribution < 1.29 is 4.79 Å². The van der Waals surface area contributed by atoms with Crippen molar-refractivity contribution in [1.29, 1.82) is 0 Å². The number of rotatable bonds is 3. The summed E-state index contributed by atoms with van der Waals surface area (Å²) in [5.74, 6) is 5.28. The van der Waals surface area contributed by atoms with Crippen molar-refractivity contribution in [1.82, 2.24) is 4.98 Å². The molecular formula is C12H9Br2ClN4O. The van der Waals surface area contributed by atoms with Gasteiger partial charge in [0.05, 0.1) is 11.3 Å². The van der Waals surface area contributed by atoms with Crippen LogP contribution in [0.15, 0.2) is 39.4 Å². The smallest absolute Gasteiger partial charge is 0.259 e. The molecule has 104 valence electrons. The minimum absolute atomic E-state index is 0.281. The number of hydrogen-bond donors (Lipinski definition) is 3. The van der Waals surface area contributed by atoms with Gasteiger partial charge in [0.15, 0.2) is 5.82 Å². The lowest BCUT2D eigenvalue weighted by atomic mass is 10.2. The van der Waals surface area contributed by atoms with Gasteiger partial charge in [-0.25, -0.2) is 10.8 Å². The van der Waals surface area contributed by atoms with Gasteiger partial charge in [0.1, 0.15) is 0 Å². The highest BCUT2D eigenvalue weighted by atomic mass is 79.9. The van der Waals surface area contributed by atoms with Gasteiger partial charge < -0.3 is 10.7 Å². The summed E-state index contributed by atoms with van der Waals surface area (Å²) in [5.41, 5.74) is 3.26. The van der Waals surface area contributed by atoms with E-state index in [4.69, 9.17) is 17.4 Å². The number of hydrogen-bond acceptors (Lipinski definition) is 4. The van der Waals surface area contributed by atoms with Gasteiger partial charge in [-0.3, -0.25) is 4.79 Å². The first-order valence-electron chi connectivity index (χ1n) is 5.40. The lowest BCUT2D eigenvalue weighted by Crippen LogP contribution is -2.18. The second-order valence-corrected chi connectivity index (χ2v) is 5.98. The van der Waals surface area contributed by atoms with E-state index in [-0.39, 0.29) is 11.7 Å². The van der Waals surface area contributed by atoms with Crippen molar-refractivity contribution in [3.63, 3.8) is 0 Å². The molecule has 0 spiro atoms. The Hall–Kier alpha value is -1.15. The first-order valence-corrected chi connectivity index (χ1v) is 7.36. The molecule has 1 aromatic heterocycles. The van der Waals surface area contributed by atoms with E-state index in [2.05, 4.69) is 47.6 Å². The molecule has 0 atom stereocenters. The average molecular weight is 420 g/mol. The van der Waals surface area contributed by atoms with Gasteiger partial charge in [0.25, 0.3) is 5.91 Å². The highest BCUT2D eigenvalue weighted by molar-refractivity contribution is 9.10. The molecule has 8 heteroatoms. The Kier molecular flexibility index (Phi) is 4.98. The van der Waals surface area contributed by atoms with E-state index in [1.807, 2.05) is 0 Å². The van der Waals surface area contributed by atoms with Crippen LogP contribution >= 0.6 is 43.5 Å². The molecular weight excluding hydrogens is 411 g/mol. The summed E-state index contributed by atoms with van der Waals surface area (Å²) < 4.78 is 1.40. The van der Waals surface area contributed by atoms with Crippen LogP contribution in [0.2, 0.25) is 5.02 Å². The van der Waals surface area contributed by atoms with Gasteiger partial charge in [-0.15, -0.1) is 0 Å². The number of nitrogen functional groups attached to an aromatic ring is 1. The fraction of sp³-hybridized carbons (Fsp3) is 0. The molecule has 0 aliphatic carbocycles. The number of pyridine rings is 1. The van der Waals surface area contributed by atoms with E-state index >= 15 is 0 Å². The number of aromatic nitrogens is 1. The number of anilines is 2. The first-order chi connectivity index (χ1) is 9.51. The quantitative estimate of drug-likeness (QED) is 0.521. The standard InChI is InChI=1S/C12H9Br2ClN4O/c13-6-3-8(11(19-16)17-5-6)12(20)18-10-4-7(15)1-2-9(10)14/h1-5H,16H2,(H,17,19)(H,18,20). The molecule has 1 heterocycles. The fourth-order valence-electron chi connectivity index (χ4n) is 1.51. The fourth-order valence-corrected chi connectivity index (χ4v) is 2.36. The van der Waals surface area contributed by atoms with Gasteiger partial charge in [-0.05, 0) is 56.1 Å². The number of amides is 1. The summed E-state index contributed by atoms with van der Waals surface area (Å²) >= 11 is 12.5. The van der Waals surface area contributed by atoms with Crippen molar-refractivity contribution in [3.05, 3.63) is 50.0 Å².